The molecule has 2 aromatic carbocycles. The first-order valence-electron chi connectivity index (χ1n) is 6.27. The second kappa shape index (κ2) is 6.69. The minimum absolute atomic E-state index is 0.333. The number of hydrogen-bond donors (Lipinski definition) is 3. The summed E-state index contributed by atoms with van der Waals surface area (Å²) >= 11 is 3.23. The Balaban J connectivity index is 2.08. The number of carbonyl (C=O) groups is 1. The van der Waals surface area contributed by atoms with Crippen LogP contribution in [0.2, 0.25) is 0 Å². The molecular weight excluding hydrogens is 339 g/mol. The van der Waals surface area contributed by atoms with Crippen LogP contribution in [0, 0.1) is 5.82 Å². The molecule has 0 bridgehead atoms. The van der Waals surface area contributed by atoms with Crippen LogP contribution in [0.5, 0.6) is 0 Å². The van der Waals surface area contributed by atoms with Gasteiger partial charge in [-0.05, 0) is 58.7 Å². The number of benzene rings is 2. The van der Waals surface area contributed by atoms with Gasteiger partial charge in [0.05, 0.1) is 11.8 Å². The van der Waals surface area contributed by atoms with Gasteiger partial charge in [-0.2, -0.15) is 0 Å². The monoisotopic (exact) mass is 352 g/mol. The van der Waals surface area contributed by atoms with Crippen LogP contribution in [0.3, 0.4) is 0 Å². The van der Waals surface area contributed by atoms with E-state index < -0.39 is 18.0 Å². The van der Waals surface area contributed by atoms with Gasteiger partial charge >= 0.3 is 6.03 Å². The first-order valence-corrected chi connectivity index (χ1v) is 7.06. The molecule has 1 unspecified atom stereocenters. The zero-order valence-corrected chi connectivity index (χ0v) is 12.8. The van der Waals surface area contributed by atoms with Gasteiger partial charge in [-0.1, -0.05) is 12.1 Å². The van der Waals surface area contributed by atoms with Gasteiger partial charge in [0.25, 0.3) is 0 Å². The fraction of sp³-hybridized carbons (Fsp3) is 0.133. The number of nitrogens with one attached hydrogen (secondary N) is 2. The van der Waals surface area contributed by atoms with Crippen molar-refractivity contribution in [3.8, 4) is 0 Å². The molecule has 0 spiro atoms. The summed E-state index contributed by atoms with van der Waals surface area (Å²) in [5.41, 5.74) is 1.57. The molecule has 21 heavy (non-hydrogen) atoms. The second-order valence-electron chi connectivity index (χ2n) is 4.50. The lowest BCUT2D eigenvalue weighted by atomic mass is 10.1. The van der Waals surface area contributed by atoms with Crippen LogP contribution < -0.4 is 10.6 Å². The Morgan fingerprint density at radius 2 is 2.00 bits per heavy atom. The number of amides is 2. The Hall–Kier alpha value is -1.92. The predicted molar refractivity (Wildman–Crippen MR) is 83.8 cm³/mol. The van der Waals surface area contributed by atoms with Crippen LogP contribution in [-0.2, 0) is 0 Å². The van der Waals surface area contributed by atoms with Crippen LogP contribution in [0.15, 0.2) is 46.9 Å². The Morgan fingerprint density at radius 1 is 1.24 bits per heavy atom. The van der Waals surface area contributed by atoms with Gasteiger partial charge in [0.15, 0.2) is 0 Å². The highest BCUT2D eigenvalue weighted by Gasteiger charge is 2.08. The van der Waals surface area contributed by atoms with Crippen molar-refractivity contribution in [1.82, 2.24) is 0 Å². The maximum atomic E-state index is 13.1. The van der Waals surface area contributed by atoms with Crippen molar-refractivity contribution in [3.63, 3.8) is 0 Å². The summed E-state index contributed by atoms with van der Waals surface area (Å²) in [7, 11) is 0. The van der Waals surface area contributed by atoms with Crippen molar-refractivity contribution in [3.05, 3.63) is 58.3 Å². The molecule has 0 saturated heterocycles. The summed E-state index contributed by atoms with van der Waals surface area (Å²) < 4.78 is 13.7. The highest BCUT2D eigenvalue weighted by atomic mass is 79.9. The van der Waals surface area contributed by atoms with Gasteiger partial charge in [-0.3, -0.25) is 0 Å². The Bertz CT molecular complexity index is 662. The number of anilines is 2. The zero-order valence-electron chi connectivity index (χ0n) is 11.2. The molecule has 0 aromatic heterocycles. The molecule has 0 saturated carbocycles. The summed E-state index contributed by atoms with van der Waals surface area (Å²) in [5, 5.41) is 14.7. The van der Waals surface area contributed by atoms with E-state index in [4.69, 9.17) is 0 Å². The lowest BCUT2D eigenvalue weighted by molar-refractivity contribution is 0.199. The third kappa shape index (κ3) is 4.27. The fourth-order valence-corrected chi connectivity index (χ4v) is 2.10. The first-order chi connectivity index (χ1) is 9.95. The number of aliphatic hydroxyl groups is 1. The topological polar surface area (TPSA) is 61.4 Å². The lowest BCUT2D eigenvalue weighted by Crippen LogP contribution is -2.19. The fourth-order valence-electron chi connectivity index (χ4n) is 1.75. The van der Waals surface area contributed by atoms with Crippen LogP contribution >= 0.6 is 15.9 Å². The minimum atomic E-state index is -0.618. The zero-order chi connectivity index (χ0) is 15.4. The van der Waals surface area contributed by atoms with Crippen molar-refractivity contribution in [1.29, 1.82) is 0 Å². The standard InChI is InChI=1S/C15H14BrFN2O2/c1-9(20)10-3-2-4-12(7-10)18-15(21)19-14-8-11(17)5-6-13(14)16/h2-9,20H,1H3,(H2,18,19,21). The van der Waals surface area contributed by atoms with Crippen LogP contribution in [-0.4, -0.2) is 11.1 Å². The number of aliphatic hydroxyl groups excluding tert-OH is 1. The van der Waals surface area contributed by atoms with Crippen molar-refractivity contribution in [2.45, 2.75) is 13.0 Å². The van der Waals surface area contributed by atoms with Gasteiger partial charge in [0.1, 0.15) is 5.82 Å². The summed E-state index contributed by atoms with van der Waals surface area (Å²) in [5.74, 6) is -0.440. The van der Waals surface area contributed by atoms with E-state index in [0.29, 0.717) is 21.4 Å². The number of urea groups is 1. The number of halogens is 2. The Labute approximate surface area is 130 Å². The second-order valence-corrected chi connectivity index (χ2v) is 5.36. The molecule has 0 fully saturated rings. The molecule has 0 radical (unpaired) electrons. The normalized spacial score (nSPS) is 11.8. The molecular formula is C15H14BrFN2O2. The summed E-state index contributed by atoms with van der Waals surface area (Å²) in [6, 6.07) is 10.4. The SMILES string of the molecule is CC(O)c1cccc(NC(=O)Nc2cc(F)ccc2Br)c1. The van der Waals surface area contributed by atoms with Gasteiger partial charge < -0.3 is 15.7 Å². The highest BCUT2D eigenvalue weighted by molar-refractivity contribution is 9.10. The van der Waals surface area contributed by atoms with E-state index in [2.05, 4.69) is 26.6 Å². The maximum absolute atomic E-state index is 13.1. The first kappa shape index (κ1) is 15.5. The molecule has 3 N–H and O–H groups in total. The highest BCUT2D eigenvalue weighted by Crippen LogP contribution is 2.23. The van der Waals surface area contributed by atoms with E-state index in [9.17, 15) is 14.3 Å². The van der Waals surface area contributed by atoms with Gasteiger partial charge in [-0.25, -0.2) is 9.18 Å². The van der Waals surface area contributed by atoms with Crippen LogP contribution in [0.1, 0.15) is 18.6 Å². The van der Waals surface area contributed by atoms with Gasteiger partial charge in [0, 0.05) is 10.2 Å². The minimum Gasteiger partial charge on any atom is -0.389 e. The van der Waals surface area contributed by atoms with Gasteiger partial charge in [0.2, 0.25) is 0 Å². The number of carbonyl (C=O) groups excluding carboxylic acids is 1. The third-order valence-corrected chi connectivity index (χ3v) is 3.50. The third-order valence-electron chi connectivity index (χ3n) is 2.80. The van der Waals surface area contributed by atoms with E-state index in [1.165, 1.54) is 18.2 Å². The molecule has 0 aliphatic rings. The lowest BCUT2D eigenvalue weighted by Gasteiger charge is -2.11. The Kier molecular flexibility index (Phi) is 4.93. The molecule has 4 nitrogen and oxygen atoms in total. The molecule has 1 atom stereocenters. The Morgan fingerprint density at radius 3 is 2.71 bits per heavy atom. The molecule has 0 aliphatic carbocycles. The van der Waals surface area contributed by atoms with E-state index in [1.54, 1.807) is 31.2 Å². The number of hydrogen-bond acceptors (Lipinski definition) is 2. The maximum Gasteiger partial charge on any atom is 0.323 e. The van der Waals surface area contributed by atoms with E-state index in [0.717, 1.165) is 0 Å². The molecule has 110 valence electrons. The molecule has 0 heterocycles. The molecule has 2 rings (SSSR count). The van der Waals surface area contributed by atoms with Crippen molar-refractivity contribution in [2.75, 3.05) is 10.6 Å². The van der Waals surface area contributed by atoms with Gasteiger partial charge in [-0.15, -0.1) is 0 Å². The van der Waals surface area contributed by atoms with Crippen LogP contribution in [0.25, 0.3) is 0 Å². The van der Waals surface area contributed by atoms with Crippen molar-refractivity contribution >= 4 is 33.3 Å². The number of rotatable bonds is 3. The summed E-state index contributed by atoms with van der Waals surface area (Å²) in [6.07, 6.45) is -0.618. The predicted octanol–water partition coefficient (Wildman–Crippen LogP) is 4.29. The largest absolute Gasteiger partial charge is 0.389 e. The quantitative estimate of drug-likeness (QED) is 0.771. The summed E-state index contributed by atoms with van der Waals surface area (Å²) in [6.45, 7) is 1.64. The average Bonchev–Trinajstić information content (AvgIpc) is 2.43. The molecule has 2 aromatic rings. The summed E-state index contributed by atoms with van der Waals surface area (Å²) in [4.78, 5) is 11.9. The van der Waals surface area contributed by atoms with Crippen molar-refractivity contribution in [2.24, 2.45) is 0 Å². The van der Waals surface area contributed by atoms with Crippen LogP contribution in [0.4, 0.5) is 20.6 Å². The van der Waals surface area contributed by atoms with E-state index >= 15 is 0 Å². The molecule has 6 heteroatoms. The van der Waals surface area contributed by atoms with E-state index in [1.807, 2.05) is 0 Å². The smallest absolute Gasteiger partial charge is 0.323 e. The van der Waals surface area contributed by atoms with E-state index in [-0.39, 0.29) is 0 Å². The molecule has 0 aliphatic heterocycles. The molecule has 2 amide bonds. The van der Waals surface area contributed by atoms with Crippen molar-refractivity contribution < 1.29 is 14.3 Å². The average molecular weight is 353 g/mol.